The molecule has 0 saturated heterocycles. The summed E-state index contributed by atoms with van der Waals surface area (Å²) in [6, 6.07) is 0. The Kier molecular flexibility index (Phi) is 6.17. The maximum absolute atomic E-state index is 2.73. The van der Waals surface area contributed by atoms with E-state index in [9.17, 15) is 0 Å². The van der Waals surface area contributed by atoms with Gasteiger partial charge in [0.2, 0.25) is 0 Å². The monoisotopic (exact) mass is 380 g/mol. The summed E-state index contributed by atoms with van der Waals surface area (Å²) in [5, 5.41) is 0. The second kappa shape index (κ2) is 5.95. The molecule has 4 heteroatoms. The molecular formula is C14H24Cl2SiZr. The van der Waals surface area contributed by atoms with Gasteiger partial charge in [-0.1, -0.05) is 0 Å². The van der Waals surface area contributed by atoms with Gasteiger partial charge in [0, 0.05) is 0 Å². The molecule has 0 spiro atoms. The summed E-state index contributed by atoms with van der Waals surface area (Å²) in [6.45, 7) is 6.93. The van der Waals surface area contributed by atoms with Crippen LogP contribution >= 0.6 is 24.8 Å². The zero-order valence-corrected chi connectivity index (χ0v) is 17.3. The smallest absolute Gasteiger partial charge is 0.147 e. The van der Waals surface area contributed by atoms with Crippen LogP contribution in [0.25, 0.3) is 0 Å². The van der Waals surface area contributed by atoms with E-state index in [-0.39, 0.29) is 24.8 Å². The molecule has 0 radical (unpaired) electrons. The van der Waals surface area contributed by atoms with Crippen LogP contribution in [-0.2, 0) is 17.4 Å². The predicted molar refractivity (Wildman–Crippen MR) is 87.7 cm³/mol. The van der Waals surface area contributed by atoms with Gasteiger partial charge in [0.1, 0.15) is 0 Å². The van der Waals surface area contributed by atoms with Crippen molar-refractivity contribution in [2.45, 2.75) is 36.0 Å². The van der Waals surface area contributed by atoms with Crippen molar-refractivity contribution in [1.82, 2.24) is 0 Å². The fourth-order valence-electron chi connectivity index (χ4n) is 3.08. The van der Waals surface area contributed by atoms with Crippen molar-refractivity contribution in [2.75, 3.05) is 0 Å². The van der Waals surface area contributed by atoms with Crippen molar-refractivity contribution in [3.63, 3.8) is 0 Å². The molecule has 18 heavy (non-hydrogen) atoms. The zero-order chi connectivity index (χ0) is 12.0. The van der Waals surface area contributed by atoms with E-state index in [4.69, 9.17) is 0 Å². The van der Waals surface area contributed by atoms with E-state index in [1.807, 2.05) is 3.28 Å². The third kappa shape index (κ3) is 3.20. The van der Waals surface area contributed by atoms with Gasteiger partial charge in [0.25, 0.3) is 0 Å². The average Bonchev–Trinajstić information content (AvgIpc) is 2.73. The fraction of sp³-hybridized carbons (Fsp3) is 0.429. The van der Waals surface area contributed by atoms with Gasteiger partial charge in [-0.05, 0) is 0 Å². The second-order valence-electron chi connectivity index (χ2n) is 6.34. The molecule has 2 aliphatic carbocycles. The van der Waals surface area contributed by atoms with Crippen LogP contribution in [0.5, 0.6) is 0 Å². The first-order valence-corrected chi connectivity index (χ1v) is 19.4. The molecule has 0 aliphatic heterocycles. The minimum absolute atomic E-state index is 0. The first kappa shape index (κ1) is 18.6. The topological polar surface area (TPSA) is 0 Å². The van der Waals surface area contributed by atoms with Gasteiger partial charge in [0.05, 0.1) is 0 Å². The molecule has 0 fully saturated rings. The van der Waals surface area contributed by atoms with Crippen molar-refractivity contribution in [2.24, 2.45) is 0 Å². The van der Waals surface area contributed by atoms with Gasteiger partial charge in [-0.3, -0.25) is 0 Å². The predicted octanol–water partition coefficient (Wildman–Crippen LogP) is 4.63. The van der Waals surface area contributed by atoms with Crippen LogP contribution in [0, 0.1) is 0 Å². The molecule has 0 aromatic rings. The molecule has 0 amide bonds. The van der Waals surface area contributed by atoms with E-state index in [1.54, 1.807) is 14.4 Å². The molecule has 102 valence electrons. The van der Waals surface area contributed by atoms with Gasteiger partial charge >= 0.3 is 102 Å². The molecule has 2 rings (SSSR count). The largest absolute Gasteiger partial charge is 0.147 e. The Hall–Kier alpha value is 0.640. The molecule has 0 bridgehead atoms. The van der Waals surface area contributed by atoms with Crippen LogP contribution in [0.3, 0.4) is 0 Å². The van der Waals surface area contributed by atoms with Crippen LogP contribution in [0.4, 0.5) is 0 Å². The van der Waals surface area contributed by atoms with Gasteiger partial charge in [0.15, 0.2) is 0 Å². The Balaban J connectivity index is 0.00000144. The number of halogens is 2. The Morgan fingerprint density at radius 1 is 1.17 bits per heavy atom. The summed E-state index contributed by atoms with van der Waals surface area (Å²) in [4.78, 5) is 0. The molecule has 0 aromatic heterocycles. The summed E-state index contributed by atoms with van der Waals surface area (Å²) in [5.74, 6) is 0. The van der Waals surface area contributed by atoms with E-state index in [0.29, 0.717) is 0 Å². The summed E-state index contributed by atoms with van der Waals surface area (Å²) in [6.07, 6.45) is 11.8. The third-order valence-electron chi connectivity index (χ3n) is 4.16. The number of allylic oxidation sites excluding steroid dienone is 8. The zero-order valence-electron chi connectivity index (χ0n) is 11.7. The van der Waals surface area contributed by atoms with Gasteiger partial charge in [-0.2, -0.15) is 0 Å². The molecule has 0 atom stereocenters. The van der Waals surface area contributed by atoms with Crippen LogP contribution in [0.15, 0.2) is 42.0 Å². The Labute approximate surface area is 126 Å². The number of hydrogen-bond acceptors (Lipinski definition) is 0. The maximum Gasteiger partial charge on any atom is -0.147 e. The van der Waals surface area contributed by atoms with Gasteiger partial charge in [-0.25, -0.2) is 0 Å². The molecule has 0 N–H and O–H groups in total. The number of rotatable bonds is 2. The molecule has 0 saturated carbocycles. The van der Waals surface area contributed by atoms with Crippen molar-refractivity contribution >= 4 is 31.7 Å². The van der Waals surface area contributed by atoms with E-state index < -0.39 is 17.4 Å². The van der Waals surface area contributed by atoms with Crippen LogP contribution in [-0.4, -0.2) is 6.88 Å². The van der Waals surface area contributed by atoms with E-state index in [0.717, 1.165) is 0 Å². The van der Waals surface area contributed by atoms with E-state index in [1.165, 1.54) is 12.8 Å². The van der Waals surface area contributed by atoms with Crippen molar-refractivity contribution in [3.8, 4) is 0 Å². The normalized spacial score (nSPS) is 19.2. The molecule has 0 unspecified atom stereocenters. The maximum atomic E-state index is 2.60. The Morgan fingerprint density at radius 3 is 2.17 bits per heavy atom. The molecule has 0 nitrogen and oxygen atoms in total. The Bertz CT molecular complexity index is 530. The van der Waals surface area contributed by atoms with E-state index in [2.05, 4.69) is 54.3 Å². The minimum Gasteiger partial charge on any atom is -0.147 e. The summed E-state index contributed by atoms with van der Waals surface area (Å²) < 4.78 is 8.78. The average molecular weight is 383 g/mol. The SMILES string of the molecule is CC1=CC(C)=[C]([Zr]([CH3])([CH3])(=[SiH2])[C]2=CC=CC2)C1.Cl.Cl. The fourth-order valence-corrected chi connectivity index (χ4v) is 16.8. The van der Waals surface area contributed by atoms with Gasteiger partial charge in [-0.15, -0.1) is 24.8 Å². The number of hydrogen-bond donors (Lipinski definition) is 0. The third-order valence-corrected chi connectivity index (χ3v) is 21.5. The standard InChI is InChI=1S/C7H9.C5H5.2CH3.2ClH.H2Si.Zr/c1-6-3-4-7(2)5-6;1-2-4-5-3-1;;;;;;/h5H,3H2,1-2H3;1-3H,4H2;2*1H3;2*1H;1H2;. The first-order valence-electron chi connectivity index (χ1n) is 6.11. The summed E-state index contributed by atoms with van der Waals surface area (Å²) in [5.41, 5.74) is 3.12. The van der Waals surface area contributed by atoms with Gasteiger partial charge < -0.3 is 0 Å². The minimum atomic E-state index is -2.73. The van der Waals surface area contributed by atoms with Crippen molar-refractivity contribution < 1.29 is 17.4 Å². The molecular weight excluding hydrogens is 358 g/mol. The van der Waals surface area contributed by atoms with Crippen molar-refractivity contribution in [1.29, 1.82) is 0 Å². The van der Waals surface area contributed by atoms with Crippen LogP contribution < -0.4 is 0 Å². The first-order chi connectivity index (χ1) is 7.30. The Morgan fingerprint density at radius 2 is 1.78 bits per heavy atom. The van der Waals surface area contributed by atoms with E-state index >= 15 is 0 Å². The molecule has 2 aliphatic rings. The van der Waals surface area contributed by atoms with Crippen LogP contribution in [0.1, 0.15) is 26.7 Å². The molecule has 0 heterocycles. The second-order valence-corrected chi connectivity index (χ2v) is 35.2. The van der Waals surface area contributed by atoms with Crippen molar-refractivity contribution in [3.05, 3.63) is 42.0 Å². The summed E-state index contributed by atoms with van der Waals surface area (Å²) in [7, 11) is 0. The summed E-state index contributed by atoms with van der Waals surface area (Å²) >= 11 is -2.73. The molecule has 0 aromatic carbocycles. The van der Waals surface area contributed by atoms with Crippen LogP contribution in [0.2, 0.25) is 9.26 Å². The quantitative estimate of drug-likeness (QED) is 0.611.